The molecule has 0 fully saturated rings. The van der Waals surface area contributed by atoms with Crippen molar-refractivity contribution in [3.05, 3.63) is 77.6 Å². The lowest BCUT2D eigenvalue weighted by Crippen LogP contribution is -2.32. The maximum absolute atomic E-state index is 13.0. The molecule has 1 atom stereocenters. The fourth-order valence-corrected chi connectivity index (χ4v) is 2.02. The molecule has 0 spiro atoms. The fraction of sp³-hybridized carbons (Fsp3) is 0.167. The number of nitrogens with one attached hydrogen (secondary N) is 1. The topological polar surface area (TPSA) is 49.3 Å². The Bertz CT molecular complexity index is 641. The van der Waals surface area contributed by atoms with E-state index in [1.54, 1.807) is 12.1 Å². The number of halogens is 1. The largest absolute Gasteiger partial charge is 0.391 e. The fourth-order valence-electron chi connectivity index (χ4n) is 2.02. The van der Waals surface area contributed by atoms with Gasteiger partial charge in [-0.3, -0.25) is 4.79 Å². The Balaban J connectivity index is 1.77. The molecule has 22 heavy (non-hydrogen) atoms. The number of amides is 1. The molecule has 2 rings (SSSR count). The molecular formula is C18H18FNO2. The van der Waals surface area contributed by atoms with E-state index in [4.69, 9.17) is 0 Å². The first kappa shape index (κ1) is 15.9. The minimum atomic E-state index is -0.645. The van der Waals surface area contributed by atoms with Crippen LogP contribution in [0.2, 0.25) is 0 Å². The van der Waals surface area contributed by atoms with Crippen LogP contribution in [0.5, 0.6) is 0 Å². The lowest BCUT2D eigenvalue weighted by molar-refractivity contribution is -0.116. The molecule has 0 aromatic heterocycles. The second-order valence-electron chi connectivity index (χ2n) is 4.98. The zero-order valence-electron chi connectivity index (χ0n) is 12.1. The van der Waals surface area contributed by atoms with Gasteiger partial charge in [-0.15, -0.1) is 0 Å². The monoisotopic (exact) mass is 299 g/mol. The Kier molecular flexibility index (Phi) is 5.86. The minimum absolute atomic E-state index is 0.168. The molecule has 1 amide bonds. The van der Waals surface area contributed by atoms with E-state index in [-0.39, 0.29) is 18.3 Å². The molecule has 4 heteroatoms. The van der Waals surface area contributed by atoms with Gasteiger partial charge >= 0.3 is 0 Å². The summed E-state index contributed by atoms with van der Waals surface area (Å²) in [6.45, 7) is 0.168. The van der Waals surface area contributed by atoms with E-state index in [1.807, 2.05) is 30.3 Å². The van der Waals surface area contributed by atoms with Crippen molar-refractivity contribution < 1.29 is 14.3 Å². The minimum Gasteiger partial charge on any atom is -0.391 e. The van der Waals surface area contributed by atoms with Crippen LogP contribution in [0.3, 0.4) is 0 Å². The zero-order valence-corrected chi connectivity index (χ0v) is 12.1. The number of carbonyl (C=O) groups excluding carboxylic acids is 1. The highest BCUT2D eigenvalue weighted by atomic mass is 19.1. The molecule has 3 nitrogen and oxygen atoms in total. The summed E-state index contributed by atoms with van der Waals surface area (Å²) in [7, 11) is 0. The Labute approximate surface area is 129 Å². The van der Waals surface area contributed by atoms with Gasteiger partial charge in [0.15, 0.2) is 0 Å². The van der Waals surface area contributed by atoms with Crippen LogP contribution in [-0.4, -0.2) is 23.7 Å². The van der Waals surface area contributed by atoms with E-state index in [0.29, 0.717) is 12.0 Å². The van der Waals surface area contributed by atoms with E-state index in [1.165, 1.54) is 24.3 Å². The van der Waals surface area contributed by atoms with E-state index < -0.39 is 6.10 Å². The summed E-state index contributed by atoms with van der Waals surface area (Å²) in [5.41, 5.74) is 1.62. The van der Waals surface area contributed by atoms with Crippen molar-refractivity contribution >= 4 is 12.0 Å². The summed E-state index contributed by atoms with van der Waals surface area (Å²) in [5, 5.41) is 12.5. The van der Waals surface area contributed by atoms with Crippen LogP contribution in [0.25, 0.3) is 6.08 Å². The summed E-state index contributed by atoms with van der Waals surface area (Å²) in [6, 6.07) is 15.5. The van der Waals surface area contributed by atoms with Gasteiger partial charge in [-0.1, -0.05) is 42.5 Å². The molecule has 0 heterocycles. The summed E-state index contributed by atoms with van der Waals surface area (Å²) < 4.78 is 13.0. The molecule has 0 saturated carbocycles. The van der Waals surface area contributed by atoms with Crippen LogP contribution in [0.15, 0.2) is 60.7 Å². The Hall–Kier alpha value is -2.46. The molecular weight excluding hydrogens is 281 g/mol. The first-order valence-electron chi connectivity index (χ1n) is 7.07. The molecule has 1 unspecified atom stereocenters. The first-order chi connectivity index (χ1) is 10.6. The third-order valence-corrected chi connectivity index (χ3v) is 3.10. The molecule has 0 aliphatic rings. The van der Waals surface area contributed by atoms with Crippen LogP contribution in [0.1, 0.15) is 11.1 Å². The van der Waals surface area contributed by atoms with Crippen molar-refractivity contribution in [2.45, 2.75) is 12.5 Å². The van der Waals surface area contributed by atoms with Crippen molar-refractivity contribution in [3.8, 4) is 0 Å². The maximum Gasteiger partial charge on any atom is 0.244 e. The smallest absolute Gasteiger partial charge is 0.244 e. The number of hydrogen-bond acceptors (Lipinski definition) is 2. The molecule has 2 N–H and O–H groups in total. The molecule has 0 saturated heterocycles. The Morgan fingerprint density at radius 3 is 2.68 bits per heavy atom. The van der Waals surface area contributed by atoms with Crippen molar-refractivity contribution in [2.75, 3.05) is 6.54 Å². The molecule has 0 aliphatic carbocycles. The molecule has 0 radical (unpaired) electrons. The lowest BCUT2D eigenvalue weighted by Gasteiger charge is -2.10. The third kappa shape index (κ3) is 5.50. The van der Waals surface area contributed by atoms with Gasteiger partial charge < -0.3 is 10.4 Å². The molecule has 0 bridgehead atoms. The van der Waals surface area contributed by atoms with Crippen molar-refractivity contribution in [1.82, 2.24) is 5.32 Å². The van der Waals surface area contributed by atoms with Crippen molar-refractivity contribution in [3.63, 3.8) is 0 Å². The van der Waals surface area contributed by atoms with Gasteiger partial charge in [-0.2, -0.15) is 0 Å². The van der Waals surface area contributed by atoms with Gasteiger partial charge in [-0.05, 0) is 29.3 Å². The van der Waals surface area contributed by atoms with E-state index in [9.17, 15) is 14.3 Å². The number of hydrogen-bond donors (Lipinski definition) is 2. The Morgan fingerprint density at radius 2 is 1.95 bits per heavy atom. The number of aliphatic hydroxyl groups is 1. The number of aliphatic hydroxyl groups excluding tert-OH is 1. The third-order valence-electron chi connectivity index (χ3n) is 3.10. The van der Waals surface area contributed by atoms with Gasteiger partial charge in [0.05, 0.1) is 6.10 Å². The van der Waals surface area contributed by atoms with Gasteiger partial charge in [0.25, 0.3) is 0 Å². The van der Waals surface area contributed by atoms with Crippen LogP contribution in [-0.2, 0) is 11.2 Å². The van der Waals surface area contributed by atoms with Crippen molar-refractivity contribution in [2.24, 2.45) is 0 Å². The average molecular weight is 299 g/mol. The van der Waals surface area contributed by atoms with Crippen molar-refractivity contribution in [1.29, 1.82) is 0 Å². The number of benzene rings is 2. The Morgan fingerprint density at radius 1 is 1.18 bits per heavy atom. The summed E-state index contributed by atoms with van der Waals surface area (Å²) >= 11 is 0. The van der Waals surface area contributed by atoms with E-state index >= 15 is 0 Å². The second kappa shape index (κ2) is 8.10. The van der Waals surface area contributed by atoms with E-state index in [2.05, 4.69) is 5.32 Å². The molecule has 114 valence electrons. The summed E-state index contributed by atoms with van der Waals surface area (Å²) in [6.07, 6.45) is 2.69. The number of rotatable bonds is 6. The summed E-state index contributed by atoms with van der Waals surface area (Å²) in [5.74, 6) is -0.669. The van der Waals surface area contributed by atoms with E-state index in [0.717, 1.165) is 5.56 Å². The van der Waals surface area contributed by atoms with Crippen LogP contribution < -0.4 is 5.32 Å². The summed E-state index contributed by atoms with van der Waals surface area (Å²) in [4.78, 5) is 11.7. The molecule has 0 aliphatic heterocycles. The zero-order chi connectivity index (χ0) is 15.8. The van der Waals surface area contributed by atoms with Crippen LogP contribution >= 0.6 is 0 Å². The standard InChI is InChI=1S/C18H18FNO2/c19-16-8-4-7-15(11-16)9-10-18(22)20-13-17(21)12-14-5-2-1-3-6-14/h1-11,17,21H,12-13H2,(H,20,22)/b10-9+. The quantitative estimate of drug-likeness (QED) is 0.805. The molecule has 2 aromatic rings. The molecule has 2 aromatic carbocycles. The SMILES string of the molecule is O=C(/C=C/c1cccc(F)c1)NCC(O)Cc1ccccc1. The first-order valence-corrected chi connectivity index (χ1v) is 7.07. The van der Waals surface area contributed by atoms with Gasteiger partial charge in [0.2, 0.25) is 5.91 Å². The highest BCUT2D eigenvalue weighted by molar-refractivity contribution is 5.91. The highest BCUT2D eigenvalue weighted by Gasteiger charge is 2.06. The average Bonchev–Trinajstić information content (AvgIpc) is 2.52. The normalized spacial score (nSPS) is 12.3. The predicted octanol–water partition coefficient (Wildman–Crippen LogP) is 2.56. The predicted molar refractivity (Wildman–Crippen MR) is 84.6 cm³/mol. The lowest BCUT2D eigenvalue weighted by atomic mass is 10.1. The maximum atomic E-state index is 13.0. The van der Waals surface area contributed by atoms with Gasteiger partial charge in [-0.25, -0.2) is 4.39 Å². The van der Waals surface area contributed by atoms with Gasteiger partial charge in [0, 0.05) is 19.0 Å². The van der Waals surface area contributed by atoms with Crippen LogP contribution in [0.4, 0.5) is 4.39 Å². The highest BCUT2D eigenvalue weighted by Crippen LogP contribution is 2.05. The van der Waals surface area contributed by atoms with Gasteiger partial charge in [0.1, 0.15) is 5.82 Å². The van der Waals surface area contributed by atoms with Crippen LogP contribution in [0, 0.1) is 5.82 Å². The number of carbonyl (C=O) groups is 1. The second-order valence-corrected chi connectivity index (χ2v) is 4.98.